The van der Waals surface area contributed by atoms with E-state index >= 15 is 0 Å². The minimum atomic E-state index is -3.36. The van der Waals surface area contributed by atoms with Crippen LogP contribution in [-0.4, -0.2) is 41.1 Å². The molecule has 0 amide bonds. The van der Waals surface area contributed by atoms with E-state index in [2.05, 4.69) is 10.8 Å². The van der Waals surface area contributed by atoms with E-state index in [4.69, 9.17) is 9.47 Å². The second kappa shape index (κ2) is 6.80. The monoisotopic (exact) mass is 224 g/mol. The molecule has 0 bridgehead atoms. The molecule has 14 heavy (non-hydrogen) atoms. The lowest BCUT2D eigenvalue weighted by molar-refractivity contribution is 0.0603. The van der Waals surface area contributed by atoms with Crippen molar-refractivity contribution in [1.29, 1.82) is 0 Å². The van der Waals surface area contributed by atoms with Gasteiger partial charge in [0.25, 0.3) is 10.1 Å². The van der Waals surface area contributed by atoms with E-state index in [-0.39, 0.29) is 13.2 Å². The second-order valence-electron chi connectivity index (χ2n) is 2.69. The topological polar surface area (TPSA) is 61.8 Å². The molecule has 0 saturated carbocycles. The fourth-order valence-corrected chi connectivity index (χ4v) is 0.992. The fraction of sp³-hybridized carbons (Fsp3) is 0.750. The Kier molecular flexibility index (Phi) is 6.52. The number of hydrogen-bond acceptors (Lipinski definition) is 5. The molecule has 0 aliphatic rings. The first-order chi connectivity index (χ1) is 6.42. The van der Waals surface area contributed by atoms with Crippen molar-refractivity contribution in [2.45, 2.75) is 6.92 Å². The van der Waals surface area contributed by atoms with E-state index in [1.165, 1.54) is 0 Å². The summed E-state index contributed by atoms with van der Waals surface area (Å²) in [6.07, 6.45) is 0.997. The highest BCUT2D eigenvalue weighted by molar-refractivity contribution is 7.85. The van der Waals surface area contributed by atoms with Crippen molar-refractivity contribution < 1.29 is 22.1 Å². The lowest BCUT2D eigenvalue weighted by Gasteiger charge is -2.05. The Bertz CT molecular complexity index is 257. The molecule has 0 rings (SSSR count). The first kappa shape index (κ1) is 13.4. The van der Waals surface area contributed by atoms with Crippen molar-refractivity contribution in [3.63, 3.8) is 0 Å². The predicted octanol–water partition coefficient (Wildman–Crippen LogP) is 0.529. The van der Waals surface area contributed by atoms with Crippen LogP contribution in [-0.2, 0) is 23.8 Å². The number of allylic oxidation sites excluding steroid dienone is 1. The third-order valence-electron chi connectivity index (χ3n) is 1.10. The van der Waals surface area contributed by atoms with Gasteiger partial charge in [-0.05, 0) is 6.92 Å². The Hall–Kier alpha value is -0.590. The van der Waals surface area contributed by atoms with E-state index < -0.39 is 10.1 Å². The molecule has 0 heterocycles. The van der Waals surface area contributed by atoms with Gasteiger partial charge in [0.2, 0.25) is 0 Å². The van der Waals surface area contributed by atoms with Gasteiger partial charge in [-0.15, -0.1) is 0 Å². The van der Waals surface area contributed by atoms with Crippen LogP contribution in [0.1, 0.15) is 6.92 Å². The van der Waals surface area contributed by atoms with Crippen molar-refractivity contribution >= 4 is 10.1 Å². The molecule has 0 aromatic carbocycles. The summed E-state index contributed by atoms with van der Waals surface area (Å²) in [5.74, 6) is 0.626. The average molecular weight is 224 g/mol. The van der Waals surface area contributed by atoms with E-state index in [1.54, 1.807) is 6.92 Å². The third-order valence-corrected chi connectivity index (χ3v) is 1.70. The van der Waals surface area contributed by atoms with Gasteiger partial charge >= 0.3 is 0 Å². The van der Waals surface area contributed by atoms with Crippen LogP contribution in [0.2, 0.25) is 0 Å². The van der Waals surface area contributed by atoms with Crippen molar-refractivity contribution in [3.05, 3.63) is 12.3 Å². The van der Waals surface area contributed by atoms with Crippen LogP contribution in [0, 0.1) is 0 Å². The van der Waals surface area contributed by atoms with Gasteiger partial charge in [0.05, 0.1) is 31.8 Å². The fourth-order valence-electron chi connectivity index (χ4n) is 0.621. The first-order valence-electron chi connectivity index (χ1n) is 4.12. The summed E-state index contributed by atoms with van der Waals surface area (Å²) in [7, 11) is -3.36. The highest BCUT2D eigenvalue weighted by Crippen LogP contribution is 1.90. The minimum absolute atomic E-state index is 0.0336. The number of hydrogen-bond donors (Lipinski definition) is 0. The van der Waals surface area contributed by atoms with E-state index in [0.717, 1.165) is 6.26 Å². The first-order valence-corrected chi connectivity index (χ1v) is 5.94. The summed E-state index contributed by atoms with van der Waals surface area (Å²) in [5, 5.41) is 0. The molecule has 0 radical (unpaired) electrons. The number of ether oxygens (including phenoxy) is 2. The van der Waals surface area contributed by atoms with Gasteiger partial charge in [-0.3, -0.25) is 4.18 Å². The molecule has 0 saturated heterocycles. The molecule has 0 N–H and O–H groups in total. The molecule has 5 nitrogen and oxygen atoms in total. The maximum absolute atomic E-state index is 10.5. The maximum atomic E-state index is 10.5. The maximum Gasteiger partial charge on any atom is 0.264 e. The quantitative estimate of drug-likeness (QED) is 0.342. The van der Waals surface area contributed by atoms with Crippen LogP contribution in [0.15, 0.2) is 12.3 Å². The zero-order chi connectivity index (χ0) is 11.0. The van der Waals surface area contributed by atoms with Gasteiger partial charge in [0, 0.05) is 0 Å². The van der Waals surface area contributed by atoms with Crippen LogP contribution in [0.25, 0.3) is 0 Å². The molecule has 0 unspecified atom stereocenters. The molecule has 0 fully saturated rings. The zero-order valence-corrected chi connectivity index (χ0v) is 9.30. The van der Waals surface area contributed by atoms with Crippen molar-refractivity contribution in [2.24, 2.45) is 0 Å². The molecule has 0 atom stereocenters. The second-order valence-corrected chi connectivity index (χ2v) is 4.33. The summed E-state index contributed by atoms with van der Waals surface area (Å²) in [6, 6.07) is 0. The van der Waals surface area contributed by atoms with Gasteiger partial charge in [-0.25, -0.2) is 0 Å². The zero-order valence-electron chi connectivity index (χ0n) is 8.49. The normalized spacial score (nSPS) is 11.3. The van der Waals surface area contributed by atoms with Crippen LogP contribution in [0.5, 0.6) is 0 Å². The van der Waals surface area contributed by atoms with Gasteiger partial charge in [0.15, 0.2) is 0 Å². The van der Waals surface area contributed by atoms with Crippen LogP contribution in [0.4, 0.5) is 0 Å². The van der Waals surface area contributed by atoms with Gasteiger partial charge in [-0.2, -0.15) is 8.42 Å². The Labute approximate surface area is 84.8 Å². The standard InChI is InChI=1S/C8H16O5S/c1-8(2)12-6-4-11-5-7-13-14(3,9)10/h1,4-7H2,2-3H3. The highest BCUT2D eigenvalue weighted by atomic mass is 32.2. The summed E-state index contributed by atoms with van der Waals surface area (Å²) in [6.45, 7) is 6.34. The molecule has 0 aromatic heterocycles. The molecular weight excluding hydrogens is 208 g/mol. The van der Waals surface area contributed by atoms with Crippen LogP contribution >= 0.6 is 0 Å². The van der Waals surface area contributed by atoms with E-state index in [0.29, 0.717) is 19.0 Å². The van der Waals surface area contributed by atoms with E-state index in [1.807, 2.05) is 0 Å². The molecule has 0 aliphatic carbocycles. The Morgan fingerprint density at radius 3 is 2.29 bits per heavy atom. The van der Waals surface area contributed by atoms with Crippen LogP contribution in [0.3, 0.4) is 0 Å². The largest absolute Gasteiger partial charge is 0.496 e. The van der Waals surface area contributed by atoms with Gasteiger partial charge in [-0.1, -0.05) is 6.58 Å². The Morgan fingerprint density at radius 1 is 1.21 bits per heavy atom. The molecule has 0 spiro atoms. The molecule has 0 aromatic rings. The SMILES string of the molecule is C=C(C)OCCOCCOS(C)(=O)=O. The van der Waals surface area contributed by atoms with Gasteiger partial charge in [0.1, 0.15) is 6.61 Å². The third kappa shape index (κ3) is 11.4. The smallest absolute Gasteiger partial charge is 0.264 e. The lowest BCUT2D eigenvalue weighted by Crippen LogP contribution is -2.11. The van der Waals surface area contributed by atoms with Gasteiger partial charge < -0.3 is 9.47 Å². The number of rotatable bonds is 8. The lowest BCUT2D eigenvalue weighted by atomic mass is 10.6. The summed E-state index contributed by atoms with van der Waals surface area (Å²) in [4.78, 5) is 0. The molecule has 6 heteroatoms. The van der Waals surface area contributed by atoms with Crippen molar-refractivity contribution in [2.75, 3.05) is 32.7 Å². The molecule has 0 aliphatic heterocycles. The van der Waals surface area contributed by atoms with Crippen molar-refractivity contribution in [1.82, 2.24) is 0 Å². The summed E-state index contributed by atoms with van der Waals surface area (Å²) < 4.78 is 35.5. The van der Waals surface area contributed by atoms with Crippen LogP contribution < -0.4 is 0 Å². The Balaban J connectivity index is 3.19. The molecule has 84 valence electrons. The Morgan fingerprint density at radius 2 is 1.79 bits per heavy atom. The highest BCUT2D eigenvalue weighted by Gasteiger charge is 2.00. The minimum Gasteiger partial charge on any atom is -0.496 e. The average Bonchev–Trinajstić information content (AvgIpc) is 2.00. The molecular formula is C8H16O5S. The van der Waals surface area contributed by atoms with Crippen molar-refractivity contribution in [3.8, 4) is 0 Å². The summed E-state index contributed by atoms with van der Waals surface area (Å²) in [5.41, 5.74) is 0. The van der Waals surface area contributed by atoms with E-state index in [9.17, 15) is 8.42 Å². The summed E-state index contributed by atoms with van der Waals surface area (Å²) >= 11 is 0. The predicted molar refractivity (Wildman–Crippen MR) is 52.4 cm³/mol.